The fourth-order valence-electron chi connectivity index (χ4n) is 4.37. The Kier molecular flexibility index (Phi) is 9.86. The van der Waals surface area contributed by atoms with Crippen LogP contribution in [0.5, 0.6) is 5.75 Å². The van der Waals surface area contributed by atoms with E-state index in [0.29, 0.717) is 11.3 Å². The SMILES string of the molecule is CCCCC[C@H]1CC[C@H](C=CCCc2ccc(C(=O)Oc3ccc(Br)cc3)cc2)CC1. The quantitative estimate of drug-likeness (QED) is 0.146. The minimum Gasteiger partial charge on any atom is -0.423 e. The van der Waals surface area contributed by atoms with Gasteiger partial charge in [0, 0.05) is 4.47 Å². The fourth-order valence-corrected chi connectivity index (χ4v) is 4.63. The first-order valence-corrected chi connectivity index (χ1v) is 12.7. The van der Waals surface area contributed by atoms with Crippen molar-refractivity contribution in [2.45, 2.75) is 71.1 Å². The van der Waals surface area contributed by atoms with Gasteiger partial charge in [-0.25, -0.2) is 4.79 Å². The second-order valence-corrected chi connectivity index (χ2v) is 9.70. The fraction of sp³-hybridized carbons (Fsp3) is 0.464. The number of benzene rings is 2. The van der Waals surface area contributed by atoms with Gasteiger partial charge < -0.3 is 4.74 Å². The van der Waals surface area contributed by atoms with Crippen LogP contribution in [0.1, 0.15) is 80.6 Å². The highest BCUT2D eigenvalue weighted by atomic mass is 79.9. The van der Waals surface area contributed by atoms with Gasteiger partial charge in [0.1, 0.15) is 5.75 Å². The summed E-state index contributed by atoms with van der Waals surface area (Å²) >= 11 is 3.38. The first-order chi connectivity index (χ1) is 15.1. The first kappa shape index (κ1) is 23.8. The highest BCUT2D eigenvalue weighted by molar-refractivity contribution is 9.10. The van der Waals surface area contributed by atoms with Crippen LogP contribution in [0.25, 0.3) is 0 Å². The summed E-state index contributed by atoms with van der Waals surface area (Å²) in [5.41, 5.74) is 1.84. The summed E-state index contributed by atoms with van der Waals surface area (Å²) in [7, 11) is 0. The standard InChI is InChI=1S/C28H35BrO2/c1-2-3-4-7-22-10-12-23(13-11-22)8-5-6-9-24-14-16-25(17-15-24)28(30)31-27-20-18-26(29)19-21-27/h5,8,14-23H,2-4,6-7,9-13H2,1H3/t22-,23-. The molecular formula is C28H35BrO2. The maximum absolute atomic E-state index is 12.3. The number of hydrogen-bond acceptors (Lipinski definition) is 2. The smallest absolute Gasteiger partial charge is 0.343 e. The van der Waals surface area contributed by atoms with Gasteiger partial charge in [0.25, 0.3) is 0 Å². The lowest BCUT2D eigenvalue weighted by Crippen LogP contribution is -2.13. The molecule has 0 aliphatic heterocycles. The van der Waals surface area contributed by atoms with Crippen molar-refractivity contribution in [1.29, 1.82) is 0 Å². The zero-order chi connectivity index (χ0) is 21.9. The predicted octanol–water partition coefficient (Wildman–Crippen LogP) is 8.54. The van der Waals surface area contributed by atoms with Crippen molar-refractivity contribution in [1.82, 2.24) is 0 Å². The zero-order valence-electron chi connectivity index (χ0n) is 18.7. The molecule has 1 aliphatic carbocycles. The molecule has 0 spiro atoms. The molecule has 0 amide bonds. The van der Waals surface area contributed by atoms with Gasteiger partial charge in [0.15, 0.2) is 0 Å². The number of carbonyl (C=O) groups excluding carboxylic acids is 1. The molecule has 2 aromatic carbocycles. The van der Waals surface area contributed by atoms with E-state index >= 15 is 0 Å². The molecule has 3 heteroatoms. The molecule has 1 aliphatic rings. The van der Waals surface area contributed by atoms with Crippen molar-refractivity contribution >= 4 is 21.9 Å². The minimum absolute atomic E-state index is 0.320. The monoisotopic (exact) mass is 482 g/mol. The molecule has 2 aromatic rings. The lowest BCUT2D eigenvalue weighted by Gasteiger charge is -2.26. The van der Waals surface area contributed by atoms with Crippen LogP contribution in [0.3, 0.4) is 0 Å². The molecule has 1 fully saturated rings. The zero-order valence-corrected chi connectivity index (χ0v) is 20.3. The number of halogens is 1. The van der Waals surface area contributed by atoms with E-state index in [9.17, 15) is 4.79 Å². The van der Waals surface area contributed by atoms with Crippen molar-refractivity contribution in [3.63, 3.8) is 0 Å². The Balaban J connectivity index is 1.36. The van der Waals surface area contributed by atoms with Crippen molar-refractivity contribution in [3.05, 3.63) is 76.3 Å². The maximum Gasteiger partial charge on any atom is 0.343 e. The van der Waals surface area contributed by atoms with E-state index in [1.54, 1.807) is 12.1 Å². The third-order valence-corrected chi connectivity index (χ3v) is 6.86. The number of unbranched alkanes of at least 4 members (excludes halogenated alkanes) is 2. The molecule has 0 saturated heterocycles. The van der Waals surface area contributed by atoms with Gasteiger partial charge in [0.2, 0.25) is 0 Å². The Hall–Kier alpha value is -1.87. The average Bonchev–Trinajstić information content (AvgIpc) is 2.80. The van der Waals surface area contributed by atoms with E-state index < -0.39 is 0 Å². The van der Waals surface area contributed by atoms with Crippen LogP contribution >= 0.6 is 15.9 Å². The molecule has 0 heterocycles. The maximum atomic E-state index is 12.3. The normalized spacial score (nSPS) is 18.9. The topological polar surface area (TPSA) is 26.3 Å². The van der Waals surface area contributed by atoms with Crippen molar-refractivity contribution in [2.24, 2.45) is 11.8 Å². The molecular weight excluding hydrogens is 448 g/mol. The first-order valence-electron chi connectivity index (χ1n) is 11.9. The molecule has 1 saturated carbocycles. The summed E-state index contributed by atoms with van der Waals surface area (Å²) in [6, 6.07) is 15.1. The van der Waals surface area contributed by atoms with E-state index in [4.69, 9.17) is 4.74 Å². The van der Waals surface area contributed by atoms with E-state index in [0.717, 1.165) is 29.2 Å². The van der Waals surface area contributed by atoms with Gasteiger partial charge in [-0.05, 0) is 92.3 Å². The van der Waals surface area contributed by atoms with Gasteiger partial charge in [-0.2, -0.15) is 0 Å². The van der Waals surface area contributed by atoms with Crippen LogP contribution in [0.15, 0.2) is 65.2 Å². The third kappa shape index (κ3) is 8.29. The second kappa shape index (κ2) is 12.9. The summed E-state index contributed by atoms with van der Waals surface area (Å²) in [4.78, 5) is 12.3. The van der Waals surface area contributed by atoms with Crippen molar-refractivity contribution < 1.29 is 9.53 Å². The Morgan fingerprint density at radius 2 is 1.71 bits per heavy atom. The number of rotatable bonds is 10. The van der Waals surface area contributed by atoms with Gasteiger partial charge in [-0.15, -0.1) is 0 Å². The predicted molar refractivity (Wildman–Crippen MR) is 133 cm³/mol. The van der Waals surface area contributed by atoms with E-state index in [1.807, 2.05) is 36.4 Å². The molecule has 0 N–H and O–H groups in total. The number of ether oxygens (including phenoxy) is 1. The number of aryl methyl sites for hydroxylation is 1. The minimum atomic E-state index is -0.320. The largest absolute Gasteiger partial charge is 0.423 e. The summed E-state index contributed by atoms with van der Waals surface area (Å²) in [5, 5.41) is 0. The van der Waals surface area contributed by atoms with Gasteiger partial charge in [-0.3, -0.25) is 0 Å². The lowest BCUT2D eigenvalue weighted by molar-refractivity contribution is 0.0734. The highest BCUT2D eigenvalue weighted by Gasteiger charge is 2.18. The van der Waals surface area contributed by atoms with Gasteiger partial charge in [-0.1, -0.05) is 72.8 Å². The summed E-state index contributed by atoms with van der Waals surface area (Å²) in [6.07, 6.45) is 18.0. The van der Waals surface area contributed by atoms with Crippen LogP contribution in [-0.2, 0) is 6.42 Å². The third-order valence-electron chi connectivity index (χ3n) is 6.33. The second-order valence-electron chi connectivity index (χ2n) is 8.78. The molecule has 2 nitrogen and oxygen atoms in total. The van der Waals surface area contributed by atoms with Gasteiger partial charge >= 0.3 is 5.97 Å². The number of esters is 1. The Morgan fingerprint density at radius 3 is 2.39 bits per heavy atom. The molecule has 0 aromatic heterocycles. The molecule has 0 radical (unpaired) electrons. The molecule has 166 valence electrons. The Morgan fingerprint density at radius 1 is 1.00 bits per heavy atom. The van der Waals surface area contributed by atoms with E-state index in [1.165, 1.54) is 56.9 Å². The van der Waals surface area contributed by atoms with E-state index in [-0.39, 0.29) is 5.97 Å². The van der Waals surface area contributed by atoms with Crippen molar-refractivity contribution in [3.8, 4) is 5.75 Å². The highest BCUT2D eigenvalue weighted by Crippen LogP contribution is 2.32. The van der Waals surface area contributed by atoms with Gasteiger partial charge in [0.05, 0.1) is 5.56 Å². The van der Waals surface area contributed by atoms with Crippen LogP contribution in [0.2, 0.25) is 0 Å². The van der Waals surface area contributed by atoms with Crippen molar-refractivity contribution in [2.75, 3.05) is 0 Å². The van der Waals surface area contributed by atoms with Crippen LogP contribution < -0.4 is 4.74 Å². The number of allylic oxidation sites excluding steroid dienone is 2. The van der Waals surface area contributed by atoms with E-state index in [2.05, 4.69) is 35.0 Å². The average molecular weight is 483 g/mol. The summed E-state index contributed by atoms with van der Waals surface area (Å²) < 4.78 is 6.38. The molecule has 31 heavy (non-hydrogen) atoms. The van der Waals surface area contributed by atoms with Crippen LogP contribution in [0.4, 0.5) is 0 Å². The molecule has 3 rings (SSSR count). The van der Waals surface area contributed by atoms with Crippen LogP contribution in [-0.4, -0.2) is 5.97 Å². The molecule has 0 atom stereocenters. The summed E-state index contributed by atoms with van der Waals surface area (Å²) in [5.74, 6) is 1.99. The number of hydrogen-bond donors (Lipinski definition) is 0. The lowest BCUT2D eigenvalue weighted by atomic mass is 9.79. The Bertz CT molecular complexity index is 815. The number of carbonyl (C=O) groups is 1. The Labute approximate surface area is 196 Å². The summed E-state index contributed by atoms with van der Waals surface area (Å²) in [6.45, 7) is 2.29. The van der Waals surface area contributed by atoms with Crippen LogP contribution in [0, 0.1) is 11.8 Å². The molecule has 0 unspecified atom stereocenters. The molecule has 0 bridgehead atoms.